The van der Waals surface area contributed by atoms with Gasteiger partial charge in [0, 0.05) is 23.7 Å². The van der Waals surface area contributed by atoms with Crippen molar-refractivity contribution < 1.29 is 14.6 Å². The number of aliphatic hydroxyl groups excluding tert-OH is 1. The lowest BCUT2D eigenvalue weighted by Crippen LogP contribution is -2.35. The molecule has 2 fully saturated rings. The van der Waals surface area contributed by atoms with E-state index in [0.717, 1.165) is 36.9 Å². The van der Waals surface area contributed by atoms with Crippen LogP contribution in [0.3, 0.4) is 0 Å². The fraction of sp³-hybridized carbons (Fsp3) is 0.667. The molecular weight excluding hydrogens is 358 g/mol. The summed E-state index contributed by atoms with van der Waals surface area (Å²) in [5.74, 6) is 0. The Morgan fingerprint density at radius 2 is 2.09 bits per heavy atom. The summed E-state index contributed by atoms with van der Waals surface area (Å²) in [6.07, 6.45) is 4.33. The van der Waals surface area contributed by atoms with Crippen LogP contribution in [-0.4, -0.2) is 55.1 Å². The molecule has 2 aliphatic heterocycles. The van der Waals surface area contributed by atoms with Gasteiger partial charge in [0.15, 0.2) is 0 Å². The lowest BCUT2D eigenvalue weighted by atomic mass is 10.0. The van der Waals surface area contributed by atoms with Crippen LogP contribution in [0.2, 0.25) is 0 Å². The second kappa shape index (κ2) is 8.58. The van der Waals surface area contributed by atoms with Crippen LogP contribution in [0.1, 0.15) is 37.3 Å². The number of aliphatic hydroxyl groups is 1. The van der Waals surface area contributed by atoms with Gasteiger partial charge < -0.3 is 14.6 Å². The number of ether oxygens (including phenoxy) is 2. The minimum atomic E-state index is -0.438. The van der Waals surface area contributed by atoms with Gasteiger partial charge in [0.2, 0.25) is 0 Å². The zero-order chi connectivity index (χ0) is 16.1. The Labute approximate surface area is 146 Å². The van der Waals surface area contributed by atoms with Crippen molar-refractivity contribution in [3.05, 3.63) is 34.3 Å². The third-order valence-corrected chi connectivity index (χ3v) is 5.23. The number of hydrogen-bond acceptors (Lipinski definition) is 4. The number of benzene rings is 1. The highest BCUT2D eigenvalue weighted by Crippen LogP contribution is 2.32. The predicted molar refractivity (Wildman–Crippen MR) is 93.5 cm³/mol. The van der Waals surface area contributed by atoms with Gasteiger partial charge in [-0.05, 0) is 49.9 Å². The Kier molecular flexibility index (Phi) is 6.48. The van der Waals surface area contributed by atoms with E-state index in [2.05, 4.69) is 45.1 Å². The highest BCUT2D eigenvalue weighted by atomic mass is 79.9. The van der Waals surface area contributed by atoms with E-state index >= 15 is 0 Å². The SMILES string of the molecule is OC(COCC1CCCO1)CN1CCCC1c1ccc(Br)cc1. The Hall–Kier alpha value is -0.460. The van der Waals surface area contributed by atoms with Gasteiger partial charge in [0.05, 0.1) is 25.4 Å². The second-order valence-corrected chi connectivity index (χ2v) is 7.45. The largest absolute Gasteiger partial charge is 0.389 e. The molecule has 128 valence electrons. The van der Waals surface area contributed by atoms with E-state index in [9.17, 15) is 5.11 Å². The molecular formula is C18H26BrNO3. The van der Waals surface area contributed by atoms with Crippen LogP contribution < -0.4 is 0 Å². The Morgan fingerprint density at radius 1 is 1.26 bits per heavy atom. The molecule has 4 nitrogen and oxygen atoms in total. The Balaban J connectivity index is 1.44. The molecule has 3 unspecified atom stereocenters. The maximum absolute atomic E-state index is 10.3. The molecule has 23 heavy (non-hydrogen) atoms. The van der Waals surface area contributed by atoms with Crippen molar-refractivity contribution in [2.24, 2.45) is 0 Å². The fourth-order valence-corrected chi connectivity index (χ4v) is 3.81. The Morgan fingerprint density at radius 3 is 2.83 bits per heavy atom. The monoisotopic (exact) mass is 383 g/mol. The molecule has 0 spiro atoms. The first-order chi connectivity index (χ1) is 11.2. The van der Waals surface area contributed by atoms with Gasteiger partial charge in [-0.1, -0.05) is 28.1 Å². The molecule has 1 aromatic carbocycles. The summed E-state index contributed by atoms with van der Waals surface area (Å²) >= 11 is 3.49. The second-order valence-electron chi connectivity index (χ2n) is 6.53. The first kappa shape index (κ1) is 17.4. The third kappa shape index (κ3) is 5.00. The molecule has 2 aliphatic rings. The van der Waals surface area contributed by atoms with Crippen molar-refractivity contribution in [1.82, 2.24) is 4.90 Å². The molecule has 1 N–H and O–H groups in total. The molecule has 3 rings (SSSR count). The summed E-state index contributed by atoms with van der Waals surface area (Å²) in [5, 5.41) is 10.3. The van der Waals surface area contributed by atoms with E-state index in [1.165, 1.54) is 12.0 Å². The molecule has 3 atom stereocenters. The minimum absolute atomic E-state index is 0.226. The zero-order valence-corrected chi connectivity index (χ0v) is 15.1. The zero-order valence-electron chi connectivity index (χ0n) is 13.5. The van der Waals surface area contributed by atoms with Gasteiger partial charge in [0.25, 0.3) is 0 Å². The number of halogens is 1. The average molecular weight is 384 g/mol. The first-order valence-corrected chi connectivity index (χ1v) is 9.38. The van der Waals surface area contributed by atoms with E-state index in [4.69, 9.17) is 9.47 Å². The molecule has 0 bridgehead atoms. The molecule has 5 heteroatoms. The molecule has 1 aromatic rings. The third-order valence-electron chi connectivity index (χ3n) is 4.70. The van der Waals surface area contributed by atoms with Crippen LogP contribution in [0.25, 0.3) is 0 Å². The molecule has 0 aliphatic carbocycles. The fourth-order valence-electron chi connectivity index (χ4n) is 3.54. The van der Waals surface area contributed by atoms with Crippen molar-refractivity contribution in [1.29, 1.82) is 0 Å². The van der Waals surface area contributed by atoms with Gasteiger partial charge in [0.1, 0.15) is 0 Å². The van der Waals surface area contributed by atoms with E-state index < -0.39 is 6.10 Å². The summed E-state index contributed by atoms with van der Waals surface area (Å²) < 4.78 is 12.3. The molecule has 0 radical (unpaired) electrons. The van der Waals surface area contributed by atoms with Crippen molar-refractivity contribution >= 4 is 15.9 Å². The van der Waals surface area contributed by atoms with Crippen molar-refractivity contribution in [2.45, 2.75) is 43.9 Å². The standard InChI is InChI=1S/C18H26BrNO3/c19-15-7-5-14(6-8-15)18-4-1-9-20(18)11-16(21)12-22-13-17-3-2-10-23-17/h5-8,16-18,21H,1-4,9-13H2. The normalized spacial score (nSPS) is 26.7. The van der Waals surface area contributed by atoms with Gasteiger partial charge in [-0.2, -0.15) is 0 Å². The topological polar surface area (TPSA) is 41.9 Å². The predicted octanol–water partition coefficient (Wildman–Crippen LogP) is 3.14. The number of likely N-dealkylation sites (tertiary alicyclic amines) is 1. The van der Waals surface area contributed by atoms with Crippen molar-refractivity contribution in [2.75, 3.05) is 32.9 Å². The summed E-state index contributed by atoms with van der Waals surface area (Å²) in [6, 6.07) is 8.94. The van der Waals surface area contributed by atoms with Gasteiger partial charge >= 0.3 is 0 Å². The highest BCUT2D eigenvalue weighted by Gasteiger charge is 2.27. The summed E-state index contributed by atoms with van der Waals surface area (Å²) in [5.41, 5.74) is 1.33. The van der Waals surface area contributed by atoms with Crippen molar-refractivity contribution in [3.63, 3.8) is 0 Å². The quantitative estimate of drug-likeness (QED) is 0.785. The van der Waals surface area contributed by atoms with Gasteiger partial charge in [-0.15, -0.1) is 0 Å². The van der Waals surface area contributed by atoms with E-state index in [0.29, 0.717) is 25.8 Å². The average Bonchev–Trinajstić information content (AvgIpc) is 3.20. The van der Waals surface area contributed by atoms with E-state index in [1.807, 2.05) is 0 Å². The first-order valence-electron chi connectivity index (χ1n) is 8.59. The maximum Gasteiger partial charge on any atom is 0.0900 e. The number of β-amino-alcohol motifs (C(OH)–C–C–N with tert-alkyl or cyclic N) is 1. The molecule has 0 aromatic heterocycles. The van der Waals surface area contributed by atoms with Gasteiger partial charge in [-0.25, -0.2) is 0 Å². The number of hydrogen-bond donors (Lipinski definition) is 1. The number of nitrogens with zero attached hydrogens (tertiary/aromatic N) is 1. The van der Waals surface area contributed by atoms with Crippen LogP contribution in [-0.2, 0) is 9.47 Å². The highest BCUT2D eigenvalue weighted by molar-refractivity contribution is 9.10. The lowest BCUT2D eigenvalue weighted by Gasteiger charge is -2.27. The molecule has 2 saturated heterocycles. The van der Waals surface area contributed by atoms with Gasteiger partial charge in [-0.3, -0.25) is 4.90 Å². The molecule has 0 saturated carbocycles. The summed E-state index contributed by atoms with van der Waals surface area (Å²) in [6.45, 7) is 3.56. The van der Waals surface area contributed by atoms with E-state index in [-0.39, 0.29) is 6.10 Å². The maximum atomic E-state index is 10.3. The number of rotatable bonds is 7. The minimum Gasteiger partial charge on any atom is -0.389 e. The summed E-state index contributed by atoms with van der Waals surface area (Å²) in [4.78, 5) is 2.38. The Bertz CT molecular complexity index is 476. The van der Waals surface area contributed by atoms with Crippen LogP contribution in [0, 0.1) is 0 Å². The van der Waals surface area contributed by atoms with Crippen molar-refractivity contribution in [3.8, 4) is 0 Å². The van der Waals surface area contributed by atoms with E-state index in [1.54, 1.807) is 0 Å². The van der Waals surface area contributed by atoms with Crippen LogP contribution in [0.5, 0.6) is 0 Å². The van der Waals surface area contributed by atoms with Crippen LogP contribution >= 0.6 is 15.9 Å². The van der Waals surface area contributed by atoms with Crippen LogP contribution in [0.15, 0.2) is 28.7 Å². The molecule has 2 heterocycles. The van der Waals surface area contributed by atoms with Crippen LogP contribution in [0.4, 0.5) is 0 Å². The molecule has 0 amide bonds. The lowest BCUT2D eigenvalue weighted by molar-refractivity contribution is -0.0261. The smallest absolute Gasteiger partial charge is 0.0900 e. The summed E-state index contributed by atoms with van der Waals surface area (Å²) in [7, 11) is 0.